The fourth-order valence-electron chi connectivity index (χ4n) is 5.05. The van der Waals surface area contributed by atoms with Gasteiger partial charge >= 0.3 is 12.0 Å². The Morgan fingerprint density at radius 1 is 1.18 bits per heavy atom. The summed E-state index contributed by atoms with van der Waals surface area (Å²) in [6.07, 6.45) is 3.04. The molecule has 3 aromatic rings. The predicted molar refractivity (Wildman–Crippen MR) is 139 cm³/mol. The van der Waals surface area contributed by atoms with Crippen molar-refractivity contribution >= 4 is 12.0 Å². The van der Waals surface area contributed by atoms with Crippen molar-refractivity contribution < 1.29 is 24.3 Å². The van der Waals surface area contributed by atoms with Gasteiger partial charge in [0.25, 0.3) is 5.89 Å². The van der Waals surface area contributed by atoms with Gasteiger partial charge in [-0.25, -0.2) is 4.79 Å². The molecule has 10 heteroatoms. The van der Waals surface area contributed by atoms with Crippen LogP contribution in [-0.4, -0.2) is 50.3 Å². The Kier molecular flexibility index (Phi) is 8.26. The third kappa shape index (κ3) is 5.62. The number of carbonyl (C=O) groups excluding carboxylic acids is 1. The van der Waals surface area contributed by atoms with E-state index in [1.54, 1.807) is 11.0 Å². The van der Waals surface area contributed by atoms with E-state index in [0.717, 1.165) is 29.5 Å². The lowest BCUT2D eigenvalue weighted by molar-refractivity contribution is -0.138. The van der Waals surface area contributed by atoms with Crippen molar-refractivity contribution in [1.29, 1.82) is 5.26 Å². The molecule has 5 rings (SSSR count). The first-order valence-corrected chi connectivity index (χ1v) is 12.9. The minimum absolute atomic E-state index is 0.111. The number of rotatable bonds is 5. The third-order valence-electron chi connectivity index (χ3n) is 6.96. The Hall–Kier alpha value is -4.39. The number of fused-ring (bicyclic) bond motifs is 1. The second-order valence-electron chi connectivity index (χ2n) is 9.21. The molecule has 1 aliphatic heterocycles. The number of urea groups is 1. The number of carboxylic acid groups (broad SMARTS) is 1. The van der Waals surface area contributed by atoms with Crippen LogP contribution in [-0.2, 0) is 11.2 Å². The van der Waals surface area contributed by atoms with Gasteiger partial charge in [-0.2, -0.15) is 10.2 Å². The van der Waals surface area contributed by atoms with Gasteiger partial charge in [-0.3, -0.25) is 4.79 Å². The molecule has 2 aromatic carbocycles. The van der Waals surface area contributed by atoms with Gasteiger partial charge in [0.1, 0.15) is 11.8 Å². The number of carboxylic acids is 1. The Bertz CT molecular complexity index is 1350. The van der Waals surface area contributed by atoms with E-state index in [1.165, 1.54) is 12.1 Å². The summed E-state index contributed by atoms with van der Waals surface area (Å²) in [6.45, 7) is 5.11. The Morgan fingerprint density at radius 2 is 1.95 bits per heavy atom. The summed E-state index contributed by atoms with van der Waals surface area (Å²) >= 11 is 0. The van der Waals surface area contributed by atoms with Crippen molar-refractivity contribution in [2.24, 2.45) is 5.92 Å². The number of carbonyl (C=O) groups is 2. The SMILES string of the molecule is CC.N#Cc1cc(-c2nc(-c3cccc4c3CCC4NC(=O)N3CCC(CC(=O)O)CC3)no2)ccc1O. The Morgan fingerprint density at radius 3 is 2.66 bits per heavy atom. The second-order valence-corrected chi connectivity index (χ2v) is 9.21. The van der Waals surface area contributed by atoms with E-state index >= 15 is 0 Å². The van der Waals surface area contributed by atoms with Crippen LogP contribution in [0.3, 0.4) is 0 Å². The molecule has 2 aliphatic rings. The fourth-order valence-corrected chi connectivity index (χ4v) is 5.05. The maximum absolute atomic E-state index is 12.9. The third-order valence-corrected chi connectivity index (χ3v) is 6.96. The summed E-state index contributed by atoms with van der Waals surface area (Å²) in [5, 5.41) is 35.2. The lowest BCUT2D eigenvalue weighted by Gasteiger charge is -2.32. The molecule has 0 saturated carbocycles. The van der Waals surface area contributed by atoms with Crippen LogP contribution in [0.1, 0.15) is 62.3 Å². The number of nitriles is 1. The molecule has 198 valence electrons. The quantitative estimate of drug-likeness (QED) is 0.432. The van der Waals surface area contributed by atoms with Gasteiger partial charge in [-0.1, -0.05) is 37.2 Å². The standard InChI is InChI=1S/C26H25N5O5.C2H6/c27-14-17-13-16(4-7-22(17)32)25-29-24(30-36-25)20-3-1-2-19-18(20)5-6-21(19)28-26(35)31-10-8-15(9-11-31)12-23(33)34;1-2/h1-4,7,13,15,21,32H,5-6,8-12H2,(H,28,35)(H,33,34);1-2H3. The number of aromatic hydroxyl groups is 1. The van der Waals surface area contributed by atoms with Crippen LogP contribution in [0.15, 0.2) is 40.9 Å². The highest BCUT2D eigenvalue weighted by Gasteiger charge is 2.30. The van der Waals surface area contributed by atoms with Crippen molar-refractivity contribution in [3.05, 3.63) is 53.1 Å². The molecule has 1 fully saturated rings. The van der Waals surface area contributed by atoms with Gasteiger partial charge in [0.2, 0.25) is 5.82 Å². The molecule has 3 N–H and O–H groups in total. The van der Waals surface area contributed by atoms with Crippen LogP contribution >= 0.6 is 0 Å². The molecule has 1 saturated heterocycles. The highest BCUT2D eigenvalue weighted by atomic mass is 16.5. The summed E-state index contributed by atoms with van der Waals surface area (Å²) in [5.41, 5.74) is 3.56. The van der Waals surface area contributed by atoms with Crippen LogP contribution in [0, 0.1) is 17.2 Å². The first-order valence-electron chi connectivity index (χ1n) is 12.9. The lowest BCUT2D eigenvalue weighted by Crippen LogP contribution is -2.45. The summed E-state index contributed by atoms with van der Waals surface area (Å²) in [5.74, 6) is -0.122. The topological polar surface area (TPSA) is 153 Å². The number of nitrogens with one attached hydrogen (secondary N) is 1. The van der Waals surface area contributed by atoms with Crippen LogP contribution in [0.25, 0.3) is 22.8 Å². The number of phenolic OH excluding ortho intramolecular Hbond substituents is 1. The molecule has 1 aromatic heterocycles. The van der Waals surface area contributed by atoms with E-state index in [2.05, 4.69) is 15.5 Å². The molecule has 0 radical (unpaired) electrons. The molecule has 1 aliphatic carbocycles. The minimum atomic E-state index is -0.792. The Labute approximate surface area is 220 Å². The summed E-state index contributed by atoms with van der Waals surface area (Å²) in [4.78, 5) is 30.1. The van der Waals surface area contributed by atoms with Crippen molar-refractivity contribution in [2.45, 2.75) is 52.0 Å². The van der Waals surface area contributed by atoms with Crippen LogP contribution in [0.5, 0.6) is 5.75 Å². The average Bonchev–Trinajstić information content (AvgIpc) is 3.58. The predicted octanol–water partition coefficient (Wildman–Crippen LogP) is 4.89. The van der Waals surface area contributed by atoms with Crippen molar-refractivity contribution in [1.82, 2.24) is 20.4 Å². The summed E-state index contributed by atoms with van der Waals surface area (Å²) < 4.78 is 5.44. The lowest BCUT2D eigenvalue weighted by atomic mass is 9.94. The van der Waals surface area contributed by atoms with Gasteiger partial charge < -0.3 is 25.0 Å². The zero-order valence-corrected chi connectivity index (χ0v) is 21.5. The van der Waals surface area contributed by atoms with Gasteiger partial charge in [0.05, 0.1) is 11.6 Å². The zero-order valence-electron chi connectivity index (χ0n) is 21.5. The van der Waals surface area contributed by atoms with E-state index < -0.39 is 5.97 Å². The molecule has 38 heavy (non-hydrogen) atoms. The molecule has 2 heterocycles. The molecule has 1 atom stereocenters. The first kappa shape index (κ1) is 26.7. The molecule has 0 bridgehead atoms. The fraction of sp³-hybridized carbons (Fsp3) is 0.393. The number of nitrogens with zero attached hydrogens (tertiary/aromatic N) is 4. The normalized spacial score (nSPS) is 16.7. The molecular formula is C28H31N5O5. The zero-order chi connectivity index (χ0) is 27.2. The van der Waals surface area contributed by atoms with Crippen molar-refractivity contribution in [2.75, 3.05) is 13.1 Å². The van der Waals surface area contributed by atoms with Crippen molar-refractivity contribution in [3.63, 3.8) is 0 Å². The highest BCUT2D eigenvalue weighted by molar-refractivity contribution is 5.76. The molecule has 2 amide bonds. The van der Waals surface area contributed by atoms with Crippen molar-refractivity contribution in [3.8, 4) is 34.7 Å². The molecule has 1 unspecified atom stereocenters. The maximum Gasteiger partial charge on any atom is 0.317 e. The van der Waals surface area contributed by atoms with Crippen LogP contribution < -0.4 is 5.32 Å². The first-order chi connectivity index (χ1) is 18.4. The molecular weight excluding hydrogens is 486 g/mol. The molecule has 0 spiro atoms. The number of hydrogen-bond acceptors (Lipinski definition) is 7. The number of likely N-dealkylation sites (tertiary alicyclic amines) is 1. The number of amides is 2. The van der Waals surface area contributed by atoms with E-state index in [4.69, 9.17) is 14.9 Å². The number of aliphatic carboxylic acids is 1. The number of benzene rings is 2. The maximum atomic E-state index is 12.9. The number of piperidine rings is 1. The van der Waals surface area contributed by atoms with Crippen LogP contribution in [0.2, 0.25) is 0 Å². The van der Waals surface area contributed by atoms with Gasteiger partial charge in [0.15, 0.2) is 0 Å². The van der Waals surface area contributed by atoms with E-state index in [1.807, 2.05) is 38.1 Å². The number of phenols is 1. The second kappa shape index (κ2) is 11.8. The number of hydrogen-bond donors (Lipinski definition) is 3. The van der Waals surface area contributed by atoms with Crippen LogP contribution in [0.4, 0.5) is 4.79 Å². The minimum Gasteiger partial charge on any atom is -0.507 e. The van der Waals surface area contributed by atoms with Gasteiger partial charge in [0, 0.05) is 30.6 Å². The average molecular weight is 518 g/mol. The largest absolute Gasteiger partial charge is 0.507 e. The monoisotopic (exact) mass is 517 g/mol. The highest BCUT2D eigenvalue weighted by Crippen LogP contribution is 2.38. The van der Waals surface area contributed by atoms with E-state index in [-0.39, 0.29) is 41.6 Å². The van der Waals surface area contributed by atoms with Gasteiger partial charge in [-0.05, 0) is 60.9 Å². The van der Waals surface area contributed by atoms with E-state index in [9.17, 15) is 14.7 Å². The van der Waals surface area contributed by atoms with Gasteiger partial charge in [-0.15, -0.1) is 0 Å². The Balaban J connectivity index is 0.00000164. The summed E-state index contributed by atoms with van der Waals surface area (Å²) in [7, 11) is 0. The van der Waals surface area contributed by atoms with E-state index in [0.29, 0.717) is 37.3 Å². The molecule has 10 nitrogen and oxygen atoms in total. The summed E-state index contributed by atoms with van der Waals surface area (Å²) in [6, 6.07) is 12.0. The number of aromatic nitrogens is 2. The smallest absolute Gasteiger partial charge is 0.317 e.